The summed E-state index contributed by atoms with van der Waals surface area (Å²) in [6, 6.07) is 14.4. The van der Waals surface area contributed by atoms with Crippen molar-refractivity contribution in [1.29, 1.82) is 0 Å². The quantitative estimate of drug-likeness (QED) is 0.489. The summed E-state index contributed by atoms with van der Waals surface area (Å²) < 4.78 is 12.1. The summed E-state index contributed by atoms with van der Waals surface area (Å²) in [5, 5.41) is 8.91. The van der Waals surface area contributed by atoms with Crippen molar-refractivity contribution in [3.05, 3.63) is 76.6 Å². The second-order valence-corrected chi connectivity index (χ2v) is 6.28. The molecule has 1 aromatic heterocycles. The molecule has 1 N–H and O–H groups in total. The van der Waals surface area contributed by atoms with Crippen LogP contribution in [-0.4, -0.2) is 36.1 Å². The van der Waals surface area contributed by atoms with Crippen LogP contribution in [0.1, 0.15) is 21.6 Å². The molecular weight excluding hydrogens is 380 g/mol. The standard InChI is InChI=1S/C20H19ClN4O3/c1-27-18-8-5-15(11-19(18)28-2)12-22-23-20(26)17-9-10-25(24-17)13-14-3-6-16(21)7-4-14/h3-12H,13H2,1-2H3,(H,23,26)/b22-12+. The van der Waals surface area contributed by atoms with E-state index in [9.17, 15) is 4.79 Å². The van der Waals surface area contributed by atoms with E-state index in [1.807, 2.05) is 24.3 Å². The van der Waals surface area contributed by atoms with Crippen LogP contribution in [0.2, 0.25) is 5.02 Å². The van der Waals surface area contributed by atoms with E-state index in [-0.39, 0.29) is 5.69 Å². The summed E-state index contributed by atoms with van der Waals surface area (Å²) in [7, 11) is 3.12. The van der Waals surface area contributed by atoms with Gasteiger partial charge in [-0.2, -0.15) is 10.2 Å². The number of carbonyl (C=O) groups excluding carboxylic acids is 1. The highest BCUT2D eigenvalue weighted by Gasteiger charge is 2.09. The molecule has 8 heteroatoms. The van der Waals surface area contributed by atoms with E-state index in [2.05, 4.69) is 15.6 Å². The van der Waals surface area contributed by atoms with Crippen LogP contribution < -0.4 is 14.9 Å². The van der Waals surface area contributed by atoms with Crippen LogP contribution in [0.5, 0.6) is 11.5 Å². The molecule has 1 amide bonds. The predicted molar refractivity (Wildman–Crippen MR) is 107 cm³/mol. The van der Waals surface area contributed by atoms with Gasteiger partial charge in [0, 0.05) is 11.2 Å². The van der Waals surface area contributed by atoms with E-state index in [1.165, 1.54) is 6.21 Å². The van der Waals surface area contributed by atoms with E-state index in [4.69, 9.17) is 21.1 Å². The molecule has 0 bridgehead atoms. The Balaban J connectivity index is 1.60. The maximum atomic E-state index is 12.2. The highest BCUT2D eigenvalue weighted by atomic mass is 35.5. The fourth-order valence-corrected chi connectivity index (χ4v) is 2.63. The molecule has 0 atom stereocenters. The summed E-state index contributed by atoms with van der Waals surface area (Å²) in [6.45, 7) is 0.541. The maximum absolute atomic E-state index is 12.2. The summed E-state index contributed by atoms with van der Waals surface area (Å²) in [5.41, 5.74) is 4.53. The minimum atomic E-state index is -0.397. The van der Waals surface area contributed by atoms with Crippen molar-refractivity contribution in [3.8, 4) is 11.5 Å². The van der Waals surface area contributed by atoms with Crippen LogP contribution >= 0.6 is 11.6 Å². The van der Waals surface area contributed by atoms with Crippen LogP contribution in [0.3, 0.4) is 0 Å². The van der Waals surface area contributed by atoms with Crippen molar-refractivity contribution < 1.29 is 14.3 Å². The number of hydrazone groups is 1. The molecular formula is C20H19ClN4O3. The van der Waals surface area contributed by atoms with E-state index in [0.717, 1.165) is 11.1 Å². The lowest BCUT2D eigenvalue weighted by Crippen LogP contribution is -2.18. The Morgan fingerprint density at radius 3 is 2.61 bits per heavy atom. The van der Waals surface area contributed by atoms with E-state index < -0.39 is 5.91 Å². The smallest absolute Gasteiger partial charge is 0.291 e. The number of methoxy groups -OCH3 is 2. The first-order chi connectivity index (χ1) is 13.6. The molecule has 0 aliphatic rings. The summed E-state index contributed by atoms with van der Waals surface area (Å²) in [6.07, 6.45) is 3.26. The van der Waals surface area contributed by atoms with Gasteiger partial charge >= 0.3 is 0 Å². The summed E-state index contributed by atoms with van der Waals surface area (Å²) in [5.74, 6) is 0.806. The molecule has 3 rings (SSSR count). The number of nitrogens with one attached hydrogen (secondary N) is 1. The largest absolute Gasteiger partial charge is 0.493 e. The van der Waals surface area contributed by atoms with Gasteiger partial charge in [-0.05, 0) is 47.5 Å². The van der Waals surface area contributed by atoms with Gasteiger partial charge in [0.15, 0.2) is 17.2 Å². The average Bonchev–Trinajstić information content (AvgIpc) is 3.18. The molecule has 7 nitrogen and oxygen atoms in total. The Hall–Kier alpha value is -3.32. The number of carbonyl (C=O) groups is 1. The third-order valence-corrected chi connectivity index (χ3v) is 4.17. The van der Waals surface area contributed by atoms with Gasteiger partial charge in [0.2, 0.25) is 0 Å². The topological polar surface area (TPSA) is 77.7 Å². The number of amides is 1. The zero-order valence-electron chi connectivity index (χ0n) is 15.4. The molecule has 2 aromatic carbocycles. The number of hydrogen-bond donors (Lipinski definition) is 1. The zero-order valence-corrected chi connectivity index (χ0v) is 16.2. The van der Waals surface area contributed by atoms with Crippen LogP contribution in [0.15, 0.2) is 59.8 Å². The van der Waals surface area contributed by atoms with Gasteiger partial charge < -0.3 is 9.47 Å². The molecule has 28 heavy (non-hydrogen) atoms. The number of aromatic nitrogens is 2. The Morgan fingerprint density at radius 2 is 1.89 bits per heavy atom. The van der Waals surface area contributed by atoms with Gasteiger partial charge in [-0.3, -0.25) is 9.48 Å². The fourth-order valence-electron chi connectivity index (χ4n) is 2.50. The number of ether oxygens (including phenoxy) is 2. The minimum absolute atomic E-state index is 0.276. The summed E-state index contributed by atoms with van der Waals surface area (Å²) in [4.78, 5) is 12.2. The number of rotatable bonds is 7. The Bertz CT molecular complexity index is 983. The Labute approximate surface area is 167 Å². The van der Waals surface area contributed by atoms with Crippen molar-refractivity contribution in [2.24, 2.45) is 5.10 Å². The Kier molecular flexibility index (Phi) is 6.29. The Morgan fingerprint density at radius 1 is 1.14 bits per heavy atom. The van der Waals surface area contributed by atoms with Crippen LogP contribution in [-0.2, 0) is 6.54 Å². The molecule has 0 aliphatic carbocycles. The van der Waals surface area contributed by atoms with Gasteiger partial charge in [-0.25, -0.2) is 5.43 Å². The van der Waals surface area contributed by atoms with Crippen molar-refractivity contribution >= 4 is 23.7 Å². The first-order valence-electron chi connectivity index (χ1n) is 8.42. The van der Waals surface area contributed by atoms with E-state index >= 15 is 0 Å². The highest BCUT2D eigenvalue weighted by molar-refractivity contribution is 6.30. The van der Waals surface area contributed by atoms with Crippen LogP contribution in [0, 0.1) is 0 Å². The molecule has 0 unspecified atom stereocenters. The normalized spacial score (nSPS) is 10.8. The predicted octanol–water partition coefficient (Wildman–Crippen LogP) is 3.37. The third-order valence-electron chi connectivity index (χ3n) is 3.92. The fraction of sp³-hybridized carbons (Fsp3) is 0.150. The van der Waals surface area contributed by atoms with Gasteiger partial charge in [0.25, 0.3) is 5.91 Å². The van der Waals surface area contributed by atoms with Gasteiger partial charge in [-0.1, -0.05) is 23.7 Å². The molecule has 0 saturated heterocycles. The van der Waals surface area contributed by atoms with Crippen molar-refractivity contribution in [2.75, 3.05) is 14.2 Å². The second kappa shape index (κ2) is 9.05. The second-order valence-electron chi connectivity index (χ2n) is 5.84. The molecule has 0 radical (unpaired) electrons. The molecule has 144 valence electrons. The molecule has 0 saturated carbocycles. The SMILES string of the molecule is COc1ccc(/C=N/NC(=O)c2ccn(Cc3ccc(Cl)cc3)n2)cc1OC. The summed E-state index contributed by atoms with van der Waals surface area (Å²) >= 11 is 5.88. The van der Waals surface area contributed by atoms with Gasteiger partial charge in [0.05, 0.1) is 27.0 Å². The lowest BCUT2D eigenvalue weighted by atomic mass is 10.2. The maximum Gasteiger partial charge on any atom is 0.291 e. The van der Waals surface area contributed by atoms with Crippen molar-refractivity contribution in [2.45, 2.75) is 6.54 Å². The molecule has 0 spiro atoms. The highest BCUT2D eigenvalue weighted by Crippen LogP contribution is 2.26. The van der Waals surface area contributed by atoms with Crippen LogP contribution in [0.25, 0.3) is 0 Å². The number of benzene rings is 2. The lowest BCUT2D eigenvalue weighted by Gasteiger charge is -2.07. The first-order valence-corrected chi connectivity index (χ1v) is 8.80. The molecule has 3 aromatic rings. The average molecular weight is 399 g/mol. The van der Waals surface area contributed by atoms with E-state index in [0.29, 0.717) is 23.1 Å². The molecule has 1 heterocycles. The van der Waals surface area contributed by atoms with Crippen molar-refractivity contribution in [1.82, 2.24) is 15.2 Å². The number of hydrogen-bond acceptors (Lipinski definition) is 5. The lowest BCUT2D eigenvalue weighted by molar-refractivity contribution is 0.0949. The zero-order chi connectivity index (χ0) is 19.9. The number of halogens is 1. The van der Waals surface area contributed by atoms with Crippen molar-refractivity contribution in [3.63, 3.8) is 0 Å². The van der Waals surface area contributed by atoms with Crippen LogP contribution in [0.4, 0.5) is 0 Å². The van der Waals surface area contributed by atoms with Gasteiger partial charge in [-0.15, -0.1) is 0 Å². The molecule has 0 fully saturated rings. The monoisotopic (exact) mass is 398 g/mol. The first kappa shape index (κ1) is 19.4. The van der Waals surface area contributed by atoms with E-state index in [1.54, 1.807) is 49.4 Å². The van der Waals surface area contributed by atoms with Gasteiger partial charge in [0.1, 0.15) is 0 Å². The molecule has 0 aliphatic heterocycles. The minimum Gasteiger partial charge on any atom is -0.493 e. The number of nitrogens with zero attached hydrogens (tertiary/aromatic N) is 3. The third kappa shape index (κ3) is 4.89.